The number of rotatable bonds is 3. The lowest BCUT2D eigenvalue weighted by atomic mass is 10.1. The fraction of sp³-hybridized carbons (Fsp3) is 0. The van der Waals surface area contributed by atoms with Gasteiger partial charge in [0.15, 0.2) is 0 Å². The summed E-state index contributed by atoms with van der Waals surface area (Å²) in [5.74, 6) is -1.37. The van der Waals surface area contributed by atoms with Crippen LogP contribution in [0.5, 0.6) is 0 Å². The van der Waals surface area contributed by atoms with Gasteiger partial charge in [0.25, 0.3) is 11.6 Å². The largest absolute Gasteiger partial charge is 0.396 e. The van der Waals surface area contributed by atoms with E-state index < -0.39 is 16.6 Å². The van der Waals surface area contributed by atoms with E-state index >= 15 is 0 Å². The fourth-order valence-corrected chi connectivity index (χ4v) is 1.87. The smallest absolute Gasteiger partial charge is 0.271 e. The molecular weight excluding hydrogens is 301 g/mol. The zero-order chi connectivity index (χ0) is 15.6. The van der Waals surface area contributed by atoms with Gasteiger partial charge in [0.2, 0.25) is 0 Å². The molecule has 0 saturated carbocycles. The van der Waals surface area contributed by atoms with Crippen LogP contribution in [0.25, 0.3) is 0 Å². The highest BCUT2D eigenvalue weighted by Crippen LogP contribution is 2.27. The Morgan fingerprint density at radius 1 is 1.33 bits per heavy atom. The van der Waals surface area contributed by atoms with E-state index in [1.54, 1.807) is 0 Å². The van der Waals surface area contributed by atoms with Crippen molar-refractivity contribution in [3.05, 3.63) is 62.9 Å². The molecule has 0 fully saturated rings. The number of hydrogen-bond acceptors (Lipinski definition) is 4. The molecule has 2 rings (SSSR count). The number of carbonyl (C=O) groups excluding carboxylic acids is 1. The quantitative estimate of drug-likeness (QED) is 0.516. The molecule has 0 aromatic heterocycles. The van der Waals surface area contributed by atoms with Gasteiger partial charge in [0, 0.05) is 12.1 Å². The van der Waals surface area contributed by atoms with Crippen molar-refractivity contribution in [3.63, 3.8) is 0 Å². The van der Waals surface area contributed by atoms with Gasteiger partial charge in [-0.1, -0.05) is 17.7 Å². The minimum absolute atomic E-state index is 0.00692. The summed E-state index contributed by atoms with van der Waals surface area (Å²) < 4.78 is 13.3. The summed E-state index contributed by atoms with van der Waals surface area (Å²) in [6, 6.07) is 7.41. The molecule has 2 aromatic carbocycles. The Labute approximate surface area is 123 Å². The minimum Gasteiger partial charge on any atom is -0.396 e. The molecule has 0 spiro atoms. The van der Waals surface area contributed by atoms with E-state index in [-0.39, 0.29) is 27.6 Å². The van der Waals surface area contributed by atoms with Crippen molar-refractivity contribution in [3.8, 4) is 0 Å². The molecule has 0 aliphatic rings. The Kier molecular flexibility index (Phi) is 4.04. The molecular formula is C13H9ClFN3O3. The number of hydrogen-bond donors (Lipinski definition) is 2. The van der Waals surface area contributed by atoms with Crippen molar-refractivity contribution in [1.29, 1.82) is 0 Å². The van der Waals surface area contributed by atoms with Crippen LogP contribution in [-0.2, 0) is 0 Å². The number of halogens is 2. The monoisotopic (exact) mass is 309 g/mol. The number of nitrogen functional groups attached to an aromatic ring is 1. The van der Waals surface area contributed by atoms with Crippen molar-refractivity contribution < 1.29 is 14.1 Å². The molecule has 0 heterocycles. The van der Waals surface area contributed by atoms with Crippen LogP contribution in [-0.4, -0.2) is 10.8 Å². The third-order valence-corrected chi connectivity index (χ3v) is 3.02. The molecule has 21 heavy (non-hydrogen) atoms. The van der Waals surface area contributed by atoms with Crippen LogP contribution >= 0.6 is 11.6 Å². The molecule has 0 atom stereocenters. The van der Waals surface area contributed by atoms with Crippen LogP contribution in [0.15, 0.2) is 36.4 Å². The second-order valence-electron chi connectivity index (χ2n) is 4.08. The van der Waals surface area contributed by atoms with Crippen LogP contribution in [0, 0.1) is 15.9 Å². The Hall–Kier alpha value is -2.67. The standard InChI is InChI=1S/C13H9ClFN3O3/c14-9-6-7(18(20)21)4-5-11(9)17-13(19)8-2-1-3-10(15)12(8)16/h1-6H,16H2,(H,17,19). The lowest BCUT2D eigenvalue weighted by Crippen LogP contribution is -2.15. The molecule has 0 aliphatic heterocycles. The second kappa shape index (κ2) is 5.76. The van der Waals surface area contributed by atoms with Crippen molar-refractivity contribution in [2.45, 2.75) is 0 Å². The average molecular weight is 310 g/mol. The van der Waals surface area contributed by atoms with Gasteiger partial charge in [-0.25, -0.2) is 4.39 Å². The maximum Gasteiger partial charge on any atom is 0.271 e. The van der Waals surface area contributed by atoms with Crippen LogP contribution in [0.3, 0.4) is 0 Å². The molecule has 0 unspecified atom stereocenters. The number of non-ortho nitro benzene ring substituents is 1. The SMILES string of the molecule is Nc1c(F)cccc1C(=O)Nc1ccc([N+](=O)[O-])cc1Cl. The molecule has 108 valence electrons. The summed E-state index contributed by atoms with van der Waals surface area (Å²) in [6.45, 7) is 0. The first-order valence-electron chi connectivity index (χ1n) is 5.69. The number of nitrogens with two attached hydrogens (primary N) is 1. The number of nitro benzene ring substituents is 1. The summed E-state index contributed by atoms with van der Waals surface area (Å²) in [5, 5.41) is 13.0. The lowest BCUT2D eigenvalue weighted by molar-refractivity contribution is -0.384. The van der Waals surface area contributed by atoms with Gasteiger partial charge >= 0.3 is 0 Å². The van der Waals surface area contributed by atoms with Gasteiger partial charge in [-0.2, -0.15) is 0 Å². The maximum absolute atomic E-state index is 13.3. The summed E-state index contributed by atoms with van der Waals surface area (Å²) in [5.41, 5.74) is 5.10. The zero-order valence-corrected chi connectivity index (χ0v) is 11.2. The zero-order valence-electron chi connectivity index (χ0n) is 10.5. The van der Waals surface area contributed by atoms with Gasteiger partial charge < -0.3 is 11.1 Å². The van der Waals surface area contributed by atoms with Crippen molar-refractivity contribution in [2.24, 2.45) is 0 Å². The molecule has 1 amide bonds. The predicted octanol–water partition coefficient (Wildman–Crippen LogP) is 3.22. The van der Waals surface area contributed by atoms with Crippen LogP contribution in [0.1, 0.15) is 10.4 Å². The summed E-state index contributed by atoms with van der Waals surface area (Å²) in [4.78, 5) is 22.0. The number of carbonyl (C=O) groups is 1. The van der Waals surface area contributed by atoms with Crippen molar-refractivity contribution in [1.82, 2.24) is 0 Å². The Morgan fingerprint density at radius 2 is 2.05 bits per heavy atom. The third-order valence-electron chi connectivity index (χ3n) is 2.71. The average Bonchev–Trinajstić information content (AvgIpc) is 2.43. The van der Waals surface area contributed by atoms with Gasteiger partial charge in [-0.05, 0) is 18.2 Å². The first kappa shape index (κ1) is 14.7. The highest BCUT2D eigenvalue weighted by atomic mass is 35.5. The number of nitrogens with one attached hydrogen (secondary N) is 1. The number of benzene rings is 2. The lowest BCUT2D eigenvalue weighted by Gasteiger charge is -2.09. The predicted molar refractivity (Wildman–Crippen MR) is 76.9 cm³/mol. The number of anilines is 2. The van der Waals surface area contributed by atoms with Gasteiger partial charge in [-0.15, -0.1) is 0 Å². The number of nitro groups is 1. The molecule has 0 aliphatic carbocycles. The maximum atomic E-state index is 13.3. The summed E-state index contributed by atoms with van der Waals surface area (Å²) in [6.07, 6.45) is 0. The van der Waals surface area contributed by atoms with Gasteiger partial charge in [0.1, 0.15) is 5.82 Å². The first-order valence-corrected chi connectivity index (χ1v) is 6.07. The van der Waals surface area contributed by atoms with E-state index in [0.717, 1.165) is 12.1 Å². The topological polar surface area (TPSA) is 98.3 Å². The highest BCUT2D eigenvalue weighted by molar-refractivity contribution is 6.34. The second-order valence-corrected chi connectivity index (χ2v) is 4.48. The van der Waals surface area contributed by atoms with E-state index in [1.807, 2.05) is 0 Å². The molecule has 3 N–H and O–H groups in total. The minimum atomic E-state index is -0.711. The Bertz CT molecular complexity index is 737. The Morgan fingerprint density at radius 3 is 2.67 bits per heavy atom. The van der Waals surface area contributed by atoms with E-state index in [4.69, 9.17) is 17.3 Å². The summed E-state index contributed by atoms with van der Waals surface area (Å²) >= 11 is 5.85. The van der Waals surface area contributed by atoms with E-state index in [0.29, 0.717) is 0 Å². The summed E-state index contributed by atoms with van der Waals surface area (Å²) in [7, 11) is 0. The van der Waals surface area contributed by atoms with E-state index in [1.165, 1.54) is 24.3 Å². The van der Waals surface area contributed by atoms with Crippen LogP contribution in [0.2, 0.25) is 5.02 Å². The van der Waals surface area contributed by atoms with Crippen molar-refractivity contribution >= 4 is 34.6 Å². The van der Waals surface area contributed by atoms with Crippen LogP contribution < -0.4 is 11.1 Å². The molecule has 0 bridgehead atoms. The van der Waals surface area contributed by atoms with Crippen LogP contribution in [0.4, 0.5) is 21.5 Å². The fourth-order valence-electron chi connectivity index (χ4n) is 1.64. The molecule has 8 heteroatoms. The van der Waals surface area contributed by atoms with E-state index in [2.05, 4.69) is 5.32 Å². The number of amides is 1. The van der Waals surface area contributed by atoms with Crippen molar-refractivity contribution in [2.75, 3.05) is 11.1 Å². The Balaban J connectivity index is 2.28. The molecule has 0 saturated heterocycles. The van der Waals surface area contributed by atoms with Gasteiger partial charge in [-0.3, -0.25) is 14.9 Å². The number of para-hydroxylation sites is 1. The number of nitrogens with zero attached hydrogens (tertiary/aromatic N) is 1. The highest BCUT2D eigenvalue weighted by Gasteiger charge is 2.15. The first-order chi connectivity index (χ1) is 9.90. The molecule has 0 radical (unpaired) electrons. The van der Waals surface area contributed by atoms with Gasteiger partial charge in [0.05, 0.1) is 26.9 Å². The normalized spacial score (nSPS) is 10.2. The van der Waals surface area contributed by atoms with E-state index in [9.17, 15) is 19.3 Å². The molecule has 2 aromatic rings. The molecule has 6 nitrogen and oxygen atoms in total. The third kappa shape index (κ3) is 3.09.